The molecule has 0 saturated carbocycles. The van der Waals surface area contributed by atoms with Crippen molar-refractivity contribution in [2.75, 3.05) is 13.7 Å². The standard InChI is InChI=1S/C16H23NO2/c1-16(2,3)15(17)14-10-12-9-11(7-8-18-4)5-6-13(12)19-14/h5-6,9-10,15H,7-8,17H2,1-4H3. The summed E-state index contributed by atoms with van der Waals surface area (Å²) in [5, 5.41) is 1.11. The van der Waals surface area contributed by atoms with Gasteiger partial charge in [-0.25, -0.2) is 0 Å². The van der Waals surface area contributed by atoms with Gasteiger partial charge in [0.05, 0.1) is 12.6 Å². The first kappa shape index (κ1) is 14.1. The Kier molecular flexibility index (Phi) is 3.97. The summed E-state index contributed by atoms with van der Waals surface area (Å²) in [6.45, 7) is 7.09. The van der Waals surface area contributed by atoms with Gasteiger partial charge in [0.1, 0.15) is 11.3 Å². The summed E-state index contributed by atoms with van der Waals surface area (Å²) in [6.07, 6.45) is 0.915. The van der Waals surface area contributed by atoms with Gasteiger partial charge in [0.15, 0.2) is 0 Å². The van der Waals surface area contributed by atoms with E-state index >= 15 is 0 Å². The minimum absolute atomic E-state index is 0.00719. The number of fused-ring (bicyclic) bond motifs is 1. The van der Waals surface area contributed by atoms with Gasteiger partial charge in [0, 0.05) is 12.5 Å². The van der Waals surface area contributed by atoms with Crippen molar-refractivity contribution in [1.82, 2.24) is 0 Å². The molecular formula is C16H23NO2. The number of nitrogens with two attached hydrogens (primary N) is 1. The van der Waals surface area contributed by atoms with Crippen LogP contribution in [0.3, 0.4) is 0 Å². The van der Waals surface area contributed by atoms with Crippen LogP contribution in [0, 0.1) is 5.41 Å². The minimum Gasteiger partial charge on any atom is -0.459 e. The van der Waals surface area contributed by atoms with Crippen molar-refractivity contribution in [3.8, 4) is 0 Å². The van der Waals surface area contributed by atoms with Crippen LogP contribution in [-0.4, -0.2) is 13.7 Å². The van der Waals surface area contributed by atoms with E-state index in [1.54, 1.807) is 7.11 Å². The van der Waals surface area contributed by atoms with Gasteiger partial charge in [-0.15, -0.1) is 0 Å². The summed E-state index contributed by atoms with van der Waals surface area (Å²) in [4.78, 5) is 0. The number of hydrogen-bond acceptors (Lipinski definition) is 3. The van der Waals surface area contributed by atoms with E-state index in [1.165, 1.54) is 5.56 Å². The molecule has 3 nitrogen and oxygen atoms in total. The van der Waals surface area contributed by atoms with Crippen LogP contribution in [0.4, 0.5) is 0 Å². The number of hydrogen-bond donors (Lipinski definition) is 1. The van der Waals surface area contributed by atoms with E-state index < -0.39 is 0 Å². The second-order valence-electron chi connectivity index (χ2n) is 6.11. The van der Waals surface area contributed by atoms with Gasteiger partial charge >= 0.3 is 0 Å². The van der Waals surface area contributed by atoms with Crippen LogP contribution < -0.4 is 5.73 Å². The molecule has 0 saturated heterocycles. The van der Waals surface area contributed by atoms with E-state index in [9.17, 15) is 0 Å². The van der Waals surface area contributed by atoms with Crippen LogP contribution in [0.5, 0.6) is 0 Å². The first-order valence-corrected chi connectivity index (χ1v) is 6.68. The van der Waals surface area contributed by atoms with Gasteiger partial charge < -0.3 is 14.9 Å². The highest BCUT2D eigenvalue weighted by Gasteiger charge is 2.25. The van der Waals surface area contributed by atoms with Crippen LogP contribution >= 0.6 is 0 Å². The molecule has 3 heteroatoms. The van der Waals surface area contributed by atoms with Gasteiger partial charge in [0.25, 0.3) is 0 Å². The lowest BCUT2D eigenvalue weighted by Crippen LogP contribution is -2.25. The fourth-order valence-electron chi connectivity index (χ4n) is 2.07. The number of ether oxygens (including phenoxy) is 1. The molecule has 0 spiro atoms. The van der Waals surface area contributed by atoms with Crippen molar-refractivity contribution in [3.63, 3.8) is 0 Å². The molecule has 0 aliphatic carbocycles. The molecule has 0 fully saturated rings. The maximum absolute atomic E-state index is 6.24. The molecule has 1 unspecified atom stereocenters. The van der Waals surface area contributed by atoms with E-state index in [0.717, 1.165) is 29.8 Å². The lowest BCUT2D eigenvalue weighted by atomic mass is 9.86. The zero-order valence-electron chi connectivity index (χ0n) is 12.2. The summed E-state index contributed by atoms with van der Waals surface area (Å²) in [5.41, 5.74) is 8.39. The molecule has 1 atom stereocenters. The fourth-order valence-corrected chi connectivity index (χ4v) is 2.07. The van der Waals surface area contributed by atoms with Crippen LogP contribution in [0.15, 0.2) is 28.7 Å². The Morgan fingerprint density at radius 2 is 2.00 bits per heavy atom. The Hall–Kier alpha value is -1.32. The number of methoxy groups -OCH3 is 1. The normalized spacial score (nSPS) is 13.9. The first-order chi connectivity index (χ1) is 8.91. The fraction of sp³-hybridized carbons (Fsp3) is 0.500. The minimum atomic E-state index is -0.0951. The number of furan rings is 1. The Morgan fingerprint density at radius 1 is 1.26 bits per heavy atom. The third-order valence-electron chi connectivity index (χ3n) is 3.43. The first-order valence-electron chi connectivity index (χ1n) is 6.68. The quantitative estimate of drug-likeness (QED) is 0.913. The molecule has 2 rings (SSSR count). The average Bonchev–Trinajstić information content (AvgIpc) is 2.76. The molecule has 2 N–H and O–H groups in total. The predicted octanol–water partition coefficient (Wildman–Crippen LogP) is 3.67. The van der Waals surface area contributed by atoms with Crippen molar-refractivity contribution >= 4 is 11.0 Å². The molecule has 0 aliphatic rings. The molecule has 0 amide bonds. The van der Waals surface area contributed by atoms with Gasteiger partial charge in [-0.3, -0.25) is 0 Å². The highest BCUT2D eigenvalue weighted by Crippen LogP contribution is 2.33. The molecule has 0 aliphatic heterocycles. The largest absolute Gasteiger partial charge is 0.459 e. The van der Waals surface area contributed by atoms with Crippen molar-refractivity contribution < 1.29 is 9.15 Å². The van der Waals surface area contributed by atoms with Crippen molar-refractivity contribution in [3.05, 3.63) is 35.6 Å². The second kappa shape index (κ2) is 5.35. The van der Waals surface area contributed by atoms with E-state index in [4.69, 9.17) is 14.9 Å². The van der Waals surface area contributed by atoms with Crippen molar-refractivity contribution in [1.29, 1.82) is 0 Å². The third-order valence-corrected chi connectivity index (χ3v) is 3.43. The molecule has 104 valence electrons. The van der Waals surface area contributed by atoms with Crippen LogP contribution in [0.2, 0.25) is 0 Å². The maximum Gasteiger partial charge on any atom is 0.134 e. The van der Waals surface area contributed by atoms with E-state index in [1.807, 2.05) is 6.07 Å². The SMILES string of the molecule is COCCc1ccc2oc(C(N)C(C)(C)C)cc2c1. The molecular weight excluding hydrogens is 238 g/mol. The predicted molar refractivity (Wildman–Crippen MR) is 78.2 cm³/mol. The van der Waals surface area contributed by atoms with Gasteiger partial charge in [-0.05, 0) is 35.6 Å². The Labute approximate surface area is 114 Å². The topological polar surface area (TPSA) is 48.4 Å². The summed E-state index contributed by atoms with van der Waals surface area (Å²) < 4.78 is 11.0. The molecule has 0 radical (unpaired) electrons. The Morgan fingerprint density at radius 3 is 2.63 bits per heavy atom. The molecule has 2 aromatic rings. The lowest BCUT2D eigenvalue weighted by Gasteiger charge is -2.24. The van der Waals surface area contributed by atoms with Gasteiger partial charge in [-0.2, -0.15) is 0 Å². The van der Waals surface area contributed by atoms with Gasteiger partial charge in [0.2, 0.25) is 0 Å². The van der Waals surface area contributed by atoms with Crippen LogP contribution in [0.1, 0.15) is 38.1 Å². The zero-order valence-corrected chi connectivity index (χ0v) is 12.2. The monoisotopic (exact) mass is 261 g/mol. The average molecular weight is 261 g/mol. The molecule has 1 aromatic carbocycles. The molecule has 1 heterocycles. The number of rotatable bonds is 4. The van der Waals surface area contributed by atoms with Crippen molar-refractivity contribution in [2.24, 2.45) is 11.1 Å². The molecule has 19 heavy (non-hydrogen) atoms. The maximum atomic E-state index is 6.24. The summed E-state index contributed by atoms with van der Waals surface area (Å²) in [5.74, 6) is 0.853. The van der Waals surface area contributed by atoms with E-state index in [2.05, 4.69) is 39.0 Å². The summed E-state index contributed by atoms with van der Waals surface area (Å²) >= 11 is 0. The van der Waals surface area contributed by atoms with Crippen LogP contribution in [0.25, 0.3) is 11.0 Å². The van der Waals surface area contributed by atoms with Crippen molar-refractivity contribution in [2.45, 2.75) is 33.2 Å². The zero-order chi connectivity index (χ0) is 14.0. The molecule has 1 aromatic heterocycles. The second-order valence-corrected chi connectivity index (χ2v) is 6.11. The van der Waals surface area contributed by atoms with Gasteiger partial charge in [-0.1, -0.05) is 26.8 Å². The highest BCUT2D eigenvalue weighted by atomic mass is 16.5. The lowest BCUT2D eigenvalue weighted by molar-refractivity contribution is 0.202. The summed E-state index contributed by atoms with van der Waals surface area (Å²) in [7, 11) is 1.72. The highest BCUT2D eigenvalue weighted by molar-refractivity contribution is 5.78. The number of benzene rings is 1. The Balaban J connectivity index is 2.30. The molecule has 0 bridgehead atoms. The van der Waals surface area contributed by atoms with Crippen LogP contribution in [-0.2, 0) is 11.2 Å². The third kappa shape index (κ3) is 3.17. The Bertz CT molecular complexity index is 551. The smallest absolute Gasteiger partial charge is 0.134 e. The summed E-state index contributed by atoms with van der Waals surface area (Å²) in [6, 6.07) is 8.21. The van der Waals surface area contributed by atoms with E-state index in [-0.39, 0.29) is 11.5 Å². The van der Waals surface area contributed by atoms with E-state index in [0.29, 0.717) is 0 Å².